The minimum absolute atomic E-state index is 0.0588. The number of fused-ring (bicyclic) bond motifs is 1. The molecule has 266 valence electrons. The van der Waals surface area contributed by atoms with Crippen molar-refractivity contribution in [1.29, 1.82) is 0 Å². The number of rotatable bonds is 11. The van der Waals surface area contributed by atoms with Crippen LogP contribution in [0.25, 0.3) is 22.6 Å². The quantitative estimate of drug-likeness (QED) is 0.140. The number of amides is 1. The van der Waals surface area contributed by atoms with Gasteiger partial charge in [0.25, 0.3) is 11.8 Å². The molecule has 5 aromatic carbocycles. The van der Waals surface area contributed by atoms with Gasteiger partial charge in [-0.1, -0.05) is 84.0 Å². The third kappa shape index (κ3) is 6.88. The van der Waals surface area contributed by atoms with E-state index in [1.807, 2.05) is 97.1 Å². The molecule has 10 heteroatoms. The molecule has 1 N–H and O–H groups in total. The Bertz CT molecular complexity index is 2220. The lowest BCUT2D eigenvalue weighted by atomic mass is 9.81. The average Bonchev–Trinajstić information content (AvgIpc) is 3.82. The van der Waals surface area contributed by atoms with E-state index in [-0.39, 0.29) is 19.1 Å². The van der Waals surface area contributed by atoms with Crippen molar-refractivity contribution >= 4 is 11.8 Å². The number of aliphatic hydroxyl groups excluding tert-OH is 1. The van der Waals surface area contributed by atoms with Crippen LogP contribution in [0.4, 0.5) is 0 Å². The number of benzene rings is 5. The molecule has 1 aromatic heterocycles. The van der Waals surface area contributed by atoms with Crippen LogP contribution in [0, 0.1) is 0 Å². The number of hydrogen-bond donors (Lipinski definition) is 1. The Balaban J connectivity index is 1.18. The molecule has 0 radical (unpaired) electrons. The summed E-state index contributed by atoms with van der Waals surface area (Å²) in [5, 5.41) is 13.4. The van der Waals surface area contributed by atoms with Crippen molar-refractivity contribution in [2.45, 2.75) is 37.6 Å². The monoisotopic (exact) mass is 706 g/mol. The molecular weight excluding hydrogens is 668 g/mol. The fourth-order valence-electron chi connectivity index (χ4n) is 6.94. The van der Waals surface area contributed by atoms with Gasteiger partial charge in [0.15, 0.2) is 17.5 Å². The first-order valence-corrected chi connectivity index (χ1v) is 17.6. The number of hydrogen-bond acceptors (Lipinski definition) is 9. The van der Waals surface area contributed by atoms with Gasteiger partial charge in [-0.15, -0.1) is 0 Å². The van der Waals surface area contributed by atoms with E-state index in [9.17, 15) is 0 Å². The average molecular weight is 707 g/mol. The van der Waals surface area contributed by atoms with Gasteiger partial charge < -0.3 is 28.7 Å². The van der Waals surface area contributed by atoms with Gasteiger partial charge in [0.05, 0.1) is 20.3 Å². The molecule has 0 bridgehead atoms. The van der Waals surface area contributed by atoms with Crippen molar-refractivity contribution < 1.29 is 28.6 Å². The summed E-state index contributed by atoms with van der Waals surface area (Å²) in [5.41, 5.74) is 5.15. The fraction of sp³-hybridized carbons (Fsp3) is 0.209. The van der Waals surface area contributed by atoms with Crippen LogP contribution in [0.3, 0.4) is 0 Å². The molecule has 1 spiro atoms. The highest BCUT2D eigenvalue weighted by atomic mass is 16.5. The summed E-state index contributed by atoms with van der Waals surface area (Å²) in [6, 6.07) is 41.3. The van der Waals surface area contributed by atoms with Crippen molar-refractivity contribution in [2.75, 3.05) is 20.3 Å². The Kier molecular flexibility index (Phi) is 9.43. The summed E-state index contributed by atoms with van der Waals surface area (Å²) in [4.78, 5) is 26.9. The number of ether oxygens (including phenoxy) is 3. The van der Waals surface area contributed by atoms with Crippen LogP contribution in [-0.2, 0) is 29.0 Å². The molecule has 3 heterocycles. The molecule has 0 saturated heterocycles. The van der Waals surface area contributed by atoms with Gasteiger partial charge in [-0.3, -0.25) is 4.79 Å². The van der Waals surface area contributed by atoms with E-state index in [1.165, 1.54) is 0 Å². The fourth-order valence-corrected chi connectivity index (χ4v) is 6.94. The van der Waals surface area contributed by atoms with Gasteiger partial charge in [0.2, 0.25) is 5.90 Å². The number of methoxy groups -OCH3 is 1. The second kappa shape index (κ2) is 14.8. The van der Waals surface area contributed by atoms with Crippen molar-refractivity contribution in [2.24, 2.45) is 4.99 Å². The molecular formula is C43H38N4O6. The lowest BCUT2D eigenvalue weighted by Gasteiger charge is -2.33. The third-order valence-electron chi connectivity index (χ3n) is 9.69. The number of carbonyl (C=O) groups is 1. The van der Waals surface area contributed by atoms with Crippen LogP contribution in [0.15, 0.2) is 137 Å². The van der Waals surface area contributed by atoms with E-state index in [4.69, 9.17) is 28.8 Å². The summed E-state index contributed by atoms with van der Waals surface area (Å²) >= 11 is 0. The maximum absolute atomic E-state index is 15.2. The minimum atomic E-state index is -1.34. The summed E-state index contributed by atoms with van der Waals surface area (Å²) in [6.07, 6.45) is 0.139. The second-order valence-corrected chi connectivity index (χ2v) is 13.1. The van der Waals surface area contributed by atoms with E-state index >= 15 is 4.79 Å². The van der Waals surface area contributed by atoms with Gasteiger partial charge in [0.1, 0.15) is 11.5 Å². The third-order valence-corrected chi connectivity index (χ3v) is 9.69. The van der Waals surface area contributed by atoms with Crippen molar-refractivity contribution in [3.63, 3.8) is 0 Å². The van der Waals surface area contributed by atoms with E-state index in [1.54, 1.807) is 12.0 Å². The Morgan fingerprint density at radius 1 is 0.792 bits per heavy atom. The van der Waals surface area contributed by atoms with Gasteiger partial charge in [-0.2, -0.15) is 4.98 Å². The first kappa shape index (κ1) is 33.9. The minimum Gasteiger partial charge on any atom is -0.497 e. The van der Waals surface area contributed by atoms with Crippen molar-refractivity contribution in [1.82, 2.24) is 15.0 Å². The summed E-state index contributed by atoms with van der Waals surface area (Å²) in [5.74, 6) is 2.30. The SMILES string of the molecule is COc1ccc(-c2nc(CN3Cc4ccccc4C[C@@]4(N=C(c5ccc(OCCCO)cc5)O[C@H]4c4ccc(-c5ccccc5)cc4)C3=O)no2)cc1. The molecule has 1 amide bonds. The normalized spacial score (nSPS) is 17.9. The zero-order valence-corrected chi connectivity index (χ0v) is 29.2. The molecule has 6 aromatic rings. The Labute approximate surface area is 307 Å². The Hall–Kier alpha value is -6.26. The predicted octanol–water partition coefficient (Wildman–Crippen LogP) is 7.22. The molecule has 2 atom stereocenters. The van der Waals surface area contributed by atoms with Crippen LogP contribution < -0.4 is 9.47 Å². The van der Waals surface area contributed by atoms with E-state index in [0.29, 0.717) is 49.4 Å². The highest BCUT2D eigenvalue weighted by Gasteiger charge is 2.56. The highest BCUT2D eigenvalue weighted by molar-refractivity contribution is 6.01. The lowest BCUT2D eigenvalue weighted by Crippen LogP contribution is -2.49. The number of aromatic nitrogens is 2. The molecule has 8 rings (SSSR count). The second-order valence-electron chi connectivity index (χ2n) is 13.1. The number of aliphatic imine (C=N–C) groups is 1. The number of nitrogens with zero attached hydrogens (tertiary/aromatic N) is 4. The molecule has 2 aliphatic heterocycles. The van der Waals surface area contributed by atoms with E-state index in [0.717, 1.165) is 44.7 Å². The first-order valence-electron chi connectivity index (χ1n) is 17.6. The van der Waals surface area contributed by atoms with Crippen LogP contribution >= 0.6 is 0 Å². The van der Waals surface area contributed by atoms with E-state index < -0.39 is 11.6 Å². The first-order chi connectivity index (χ1) is 26.0. The van der Waals surface area contributed by atoms with Gasteiger partial charge in [-0.05, 0) is 76.3 Å². The summed E-state index contributed by atoms with van der Waals surface area (Å²) in [7, 11) is 1.61. The molecule has 0 saturated carbocycles. The Morgan fingerprint density at radius 3 is 2.19 bits per heavy atom. The van der Waals surface area contributed by atoms with Crippen molar-refractivity contribution in [3.05, 3.63) is 155 Å². The summed E-state index contributed by atoms with van der Waals surface area (Å²) in [6.45, 7) is 0.916. The maximum Gasteiger partial charge on any atom is 0.257 e. The predicted molar refractivity (Wildman–Crippen MR) is 199 cm³/mol. The smallest absolute Gasteiger partial charge is 0.257 e. The number of aliphatic hydroxyl groups is 1. The standard InChI is InChI=1S/C43H38N4O6/c1-50-36-20-16-32(17-21-36)40-44-38(46-53-40)28-47-27-35-11-6-5-10-34(35)26-43(42(47)49)39(31-14-12-30(13-15-31)29-8-3-2-4-9-29)52-41(45-43)33-18-22-37(23-19-33)51-25-7-24-48/h2-6,8-23,39,48H,7,24-28H2,1H3/t39-,43-/m0/s1. The molecule has 0 unspecified atom stereocenters. The molecule has 0 aliphatic carbocycles. The van der Waals surface area contributed by atoms with Gasteiger partial charge in [0, 0.05) is 37.1 Å². The zero-order valence-electron chi connectivity index (χ0n) is 29.2. The van der Waals surface area contributed by atoms with E-state index in [2.05, 4.69) is 40.5 Å². The largest absolute Gasteiger partial charge is 0.497 e. The molecule has 53 heavy (non-hydrogen) atoms. The molecule has 2 aliphatic rings. The van der Waals surface area contributed by atoms with Crippen LogP contribution in [0.5, 0.6) is 11.5 Å². The Morgan fingerprint density at radius 2 is 1.45 bits per heavy atom. The van der Waals surface area contributed by atoms with Gasteiger partial charge in [-0.25, -0.2) is 4.99 Å². The molecule has 0 fully saturated rings. The van der Waals surface area contributed by atoms with Gasteiger partial charge >= 0.3 is 0 Å². The van der Waals surface area contributed by atoms with Crippen LogP contribution in [-0.4, -0.2) is 57.8 Å². The number of carbonyl (C=O) groups excluding carboxylic acids is 1. The topological polar surface area (TPSA) is 120 Å². The summed E-state index contributed by atoms with van der Waals surface area (Å²) < 4.78 is 23.5. The lowest BCUT2D eigenvalue weighted by molar-refractivity contribution is -0.140. The van der Waals surface area contributed by atoms with Crippen molar-refractivity contribution in [3.8, 4) is 34.1 Å². The van der Waals surface area contributed by atoms with Crippen LogP contribution in [0.1, 0.15) is 40.6 Å². The maximum atomic E-state index is 15.2. The van der Waals surface area contributed by atoms with Crippen LogP contribution in [0.2, 0.25) is 0 Å². The zero-order chi connectivity index (χ0) is 36.2. The highest BCUT2D eigenvalue weighted by Crippen LogP contribution is 2.46. The molecule has 10 nitrogen and oxygen atoms in total.